The monoisotopic (exact) mass is 375 g/mol. The quantitative estimate of drug-likeness (QED) is 0.777. The van der Waals surface area contributed by atoms with E-state index in [1.54, 1.807) is 19.1 Å². The first-order valence-corrected chi connectivity index (χ1v) is 7.80. The Morgan fingerprint density at radius 3 is 2.55 bits per heavy atom. The second kappa shape index (κ2) is 6.88. The molecule has 0 unspecified atom stereocenters. The fourth-order valence-corrected chi connectivity index (χ4v) is 3.54. The number of aryl methyl sites for hydroxylation is 1. The molecule has 0 saturated heterocycles. The SMILES string of the molecule is Cc1ccc(S(=O)(=O)NCCOCC(F)(F)F)c(Br)c1. The molecule has 0 atom stereocenters. The Morgan fingerprint density at radius 1 is 1.35 bits per heavy atom. The maximum Gasteiger partial charge on any atom is 0.411 e. The van der Waals surface area contributed by atoms with Crippen LogP contribution >= 0.6 is 15.9 Å². The van der Waals surface area contributed by atoms with E-state index in [4.69, 9.17) is 0 Å². The summed E-state index contributed by atoms with van der Waals surface area (Å²) in [6.07, 6.45) is -4.42. The van der Waals surface area contributed by atoms with Gasteiger partial charge in [-0.2, -0.15) is 13.2 Å². The standard InChI is InChI=1S/C11H13BrF3NO3S/c1-8-2-3-10(9(12)6-8)20(17,18)16-4-5-19-7-11(13,14)15/h2-3,6,16H,4-5,7H2,1H3. The first-order valence-electron chi connectivity index (χ1n) is 5.52. The molecule has 1 rings (SSSR count). The van der Waals surface area contributed by atoms with Gasteiger partial charge in [-0.1, -0.05) is 6.07 Å². The number of sulfonamides is 1. The van der Waals surface area contributed by atoms with E-state index in [0.717, 1.165) is 5.56 Å². The molecule has 1 aromatic rings. The van der Waals surface area contributed by atoms with Crippen molar-refractivity contribution in [1.82, 2.24) is 4.72 Å². The van der Waals surface area contributed by atoms with Crippen molar-refractivity contribution < 1.29 is 26.3 Å². The number of benzene rings is 1. The summed E-state index contributed by atoms with van der Waals surface area (Å²) in [5.74, 6) is 0. The lowest BCUT2D eigenvalue weighted by Crippen LogP contribution is -2.29. The predicted molar refractivity (Wildman–Crippen MR) is 70.9 cm³/mol. The number of hydrogen-bond acceptors (Lipinski definition) is 3. The summed E-state index contributed by atoms with van der Waals surface area (Å²) in [7, 11) is -3.78. The van der Waals surface area contributed by atoms with Crippen LogP contribution in [0.3, 0.4) is 0 Å². The molecular formula is C11H13BrF3NO3S. The number of ether oxygens (including phenoxy) is 1. The molecule has 0 aromatic heterocycles. The highest BCUT2D eigenvalue weighted by Crippen LogP contribution is 2.22. The zero-order valence-corrected chi connectivity index (χ0v) is 12.9. The van der Waals surface area contributed by atoms with Gasteiger partial charge in [0.1, 0.15) is 6.61 Å². The van der Waals surface area contributed by atoms with E-state index in [2.05, 4.69) is 25.4 Å². The van der Waals surface area contributed by atoms with Crippen molar-refractivity contribution >= 4 is 26.0 Å². The number of alkyl halides is 3. The smallest absolute Gasteiger partial charge is 0.371 e. The molecule has 1 N–H and O–H groups in total. The molecule has 9 heteroatoms. The minimum absolute atomic E-state index is 0.0268. The van der Waals surface area contributed by atoms with Crippen LogP contribution in [-0.4, -0.2) is 34.4 Å². The lowest BCUT2D eigenvalue weighted by Gasteiger charge is -2.10. The molecule has 20 heavy (non-hydrogen) atoms. The van der Waals surface area contributed by atoms with Crippen molar-refractivity contribution in [2.75, 3.05) is 19.8 Å². The Balaban J connectivity index is 2.54. The van der Waals surface area contributed by atoms with Gasteiger partial charge in [-0.3, -0.25) is 0 Å². The van der Waals surface area contributed by atoms with E-state index >= 15 is 0 Å². The zero-order valence-electron chi connectivity index (χ0n) is 10.5. The summed E-state index contributed by atoms with van der Waals surface area (Å²) in [5.41, 5.74) is 0.879. The largest absolute Gasteiger partial charge is 0.411 e. The van der Waals surface area contributed by atoms with Crippen molar-refractivity contribution in [3.05, 3.63) is 28.2 Å². The molecule has 0 aliphatic heterocycles. The number of rotatable bonds is 6. The third-order valence-corrected chi connectivity index (χ3v) is 4.62. The van der Waals surface area contributed by atoms with Crippen LogP contribution in [0.4, 0.5) is 13.2 Å². The van der Waals surface area contributed by atoms with Gasteiger partial charge < -0.3 is 4.74 Å². The van der Waals surface area contributed by atoms with Gasteiger partial charge in [-0.05, 0) is 40.5 Å². The van der Waals surface area contributed by atoms with Gasteiger partial charge in [0.05, 0.1) is 11.5 Å². The maximum atomic E-state index is 11.9. The summed E-state index contributed by atoms with van der Waals surface area (Å²) >= 11 is 3.13. The lowest BCUT2D eigenvalue weighted by atomic mass is 10.2. The molecule has 1 aromatic carbocycles. The molecular weight excluding hydrogens is 363 g/mol. The van der Waals surface area contributed by atoms with Gasteiger partial charge >= 0.3 is 6.18 Å². The van der Waals surface area contributed by atoms with Crippen molar-refractivity contribution in [1.29, 1.82) is 0 Å². The van der Waals surface area contributed by atoms with Crippen LogP contribution in [0.15, 0.2) is 27.6 Å². The Hall–Kier alpha value is -0.640. The summed E-state index contributed by atoms with van der Waals surface area (Å²) < 4.78 is 66.1. The van der Waals surface area contributed by atoms with E-state index in [0.29, 0.717) is 4.47 Å². The van der Waals surface area contributed by atoms with E-state index < -0.39 is 22.8 Å². The summed E-state index contributed by atoms with van der Waals surface area (Å²) in [4.78, 5) is 0.0268. The molecule has 4 nitrogen and oxygen atoms in total. The fraction of sp³-hybridized carbons (Fsp3) is 0.455. The number of hydrogen-bond donors (Lipinski definition) is 1. The van der Waals surface area contributed by atoms with Crippen LogP contribution < -0.4 is 4.72 Å². The van der Waals surface area contributed by atoms with Crippen LogP contribution in [-0.2, 0) is 14.8 Å². The second-order valence-electron chi connectivity index (χ2n) is 4.00. The third-order valence-electron chi connectivity index (χ3n) is 2.18. The summed E-state index contributed by atoms with van der Waals surface area (Å²) in [5, 5.41) is 0. The summed E-state index contributed by atoms with van der Waals surface area (Å²) in [6.45, 7) is -0.191. The van der Waals surface area contributed by atoms with Crippen molar-refractivity contribution in [3.63, 3.8) is 0 Å². The molecule has 0 spiro atoms. The van der Waals surface area contributed by atoms with Gasteiger partial charge in [-0.25, -0.2) is 13.1 Å². The second-order valence-corrected chi connectivity index (χ2v) is 6.59. The Bertz CT molecular complexity index is 561. The summed E-state index contributed by atoms with van der Waals surface area (Å²) in [6, 6.07) is 4.67. The molecule has 0 saturated carbocycles. The van der Waals surface area contributed by atoms with E-state index in [-0.39, 0.29) is 18.0 Å². The Labute approximate surface area is 123 Å². The van der Waals surface area contributed by atoms with Gasteiger partial charge in [0.15, 0.2) is 0 Å². The molecule has 0 fully saturated rings. The first-order chi connectivity index (χ1) is 9.12. The van der Waals surface area contributed by atoms with Crippen LogP contribution in [0.5, 0.6) is 0 Å². The predicted octanol–water partition coefficient (Wildman–Crippen LogP) is 2.61. The molecule has 114 valence electrons. The Kier molecular flexibility index (Phi) is 5.99. The van der Waals surface area contributed by atoms with Gasteiger partial charge in [0.25, 0.3) is 0 Å². The zero-order chi connectivity index (χ0) is 15.4. The third kappa shape index (κ3) is 5.78. The average Bonchev–Trinajstić information content (AvgIpc) is 2.26. The van der Waals surface area contributed by atoms with Crippen molar-refractivity contribution in [2.24, 2.45) is 0 Å². The van der Waals surface area contributed by atoms with E-state index in [1.165, 1.54) is 6.07 Å². The van der Waals surface area contributed by atoms with Crippen molar-refractivity contribution in [2.45, 2.75) is 18.0 Å². The molecule has 0 aliphatic rings. The van der Waals surface area contributed by atoms with Crippen LogP contribution in [0.1, 0.15) is 5.56 Å². The normalized spacial score (nSPS) is 12.7. The highest BCUT2D eigenvalue weighted by molar-refractivity contribution is 9.10. The Morgan fingerprint density at radius 2 is 2.00 bits per heavy atom. The minimum Gasteiger partial charge on any atom is -0.371 e. The van der Waals surface area contributed by atoms with E-state index in [1.807, 2.05) is 0 Å². The lowest BCUT2D eigenvalue weighted by molar-refractivity contribution is -0.173. The average molecular weight is 376 g/mol. The van der Waals surface area contributed by atoms with Crippen LogP contribution in [0.25, 0.3) is 0 Å². The van der Waals surface area contributed by atoms with Gasteiger partial charge in [-0.15, -0.1) is 0 Å². The molecule has 0 amide bonds. The first kappa shape index (κ1) is 17.4. The molecule has 0 radical (unpaired) electrons. The van der Waals surface area contributed by atoms with Gasteiger partial charge in [0, 0.05) is 11.0 Å². The maximum absolute atomic E-state index is 11.9. The highest BCUT2D eigenvalue weighted by Gasteiger charge is 2.27. The van der Waals surface area contributed by atoms with Gasteiger partial charge in [0.2, 0.25) is 10.0 Å². The van der Waals surface area contributed by atoms with Crippen LogP contribution in [0.2, 0.25) is 0 Å². The number of nitrogens with one attached hydrogen (secondary N) is 1. The number of halogens is 4. The molecule has 0 heterocycles. The topological polar surface area (TPSA) is 55.4 Å². The van der Waals surface area contributed by atoms with E-state index in [9.17, 15) is 21.6 Å². The molecule has 0 aliphatic carbocycles. The molecule has 0 bridgehead atoms. The minimum atomic E-state index is -4.42. The van der Waals surface area contributed by atoms with Crippen LogP contribution in [0, 0.1) is 6.92 Å². The highest BCUT2D eigenvalue weighted by atomic mass is 79.9. The fourth-order valence-electron chi connectivity index (χ4n) is 1.34. The van der Waals surface area contributed by atoms with Crippen molar-refractivity contribution in [3.8, 4) is 0 Å².